The molecule has 0 bridgehead atoms. The fraction of sp³-hybridized carbons (Fsp3) is 0.0690. The minimum atomic E-state index is -0.636. The standard InChI is InChI=1S/C29H21NO6/c1-17-25(35-29(33)20-11-7-4-8-12-20)18(2)28(32)36-26(17)24-16-21-15-22(13-14-23(21)34-24)30-27(31)19-9-5-3-6-10-19/h3-16H,1-2H3,(H,30,31). The Hall–Kier alpha value is -4.91. The molecule has 5 aromatic rings. The number of carbonyl (C=O) groups is 2. The molecule has 0 spiro atoms. The van der Waals surface area contributed by atoms with Gasteiger partial charge in [0.1, 0.15) is 11.3 Å². The fourth-order valence-corrected chi connectivity index (χ4v) is 3.86. The van der Waals surface area contributed by atoms with Crippen LogP contribution in [0, 0.1) is 13.8 Å². The molecule has 7 nitrogen and oxygen atoms in total. The van der Waals surface area contributed by atoms with Crippen molar-refractivity contribution in [2.75, 3.05) is 5.32 Å². The molecular formula is C29H21NO6. The van der Waals surface area contributed by atoms with E-state index in [1.54, 1.807) is 85.8 Å². The molecule has 5 rings (SSSR count). The Morgan fingerprint density at radius 3 is 2.14 bits per heavy atom. The van der Waals surface area contributed by atoms with Gasteiger partial charge in [-0.15, -0.1) is 0 Å². The van der Waals surface area contributed by atoms with Crippen LogP contribution in [0.1, 0.15) is 31.8 Å². The van der Waals surface area contributed by atoms with Crippen molar-refractivity contribution in [3.63, 3.8) is 0 Å². The molecule has 0 radical (unpaired) electrons. The molecule has 0 atom stereocenters. The van der Waals surface area contributed by atoms with Crippen molar-refractivity contribution >= 4 is 28.5 Å². The third kappa shape index (κ3) is 4.42. The van der Waals surface area contributed by atoms with Gasteiger partial charge in [-0.3, -0.25) is 4.79 Å². The molecule has 0 saturated heterocycles. The first kappa shape index (κ1) is 22.9. The molecule has 7 heteroatoms. The Labute approximate surface area is 205 Å². The van der Waals surface area contributed by atoms with Crippen LogP contribution in [-0.2, 0) is 0 Å². The van der Waals surface area contributed by atoms with Gasteiger partial charge < -0.3 is 18.9 Å². The minimum absolute atomic E-state index is 0.131. The molecule has 2 heterocycles. The molecule has 2 aromatic heterocycles. The topological polar surface area (TPSA) is 98.8 Å². The lowest BCUT2D eigenvalue weighted by molar-refractivity contribution is 0.0731. The average Bonchev–Trinajstić information content (AvgIpc) is 3.32. The van der Waals surface area contributed by atoms with Crippen LogP contribution >= 0.6 is 0 Å². The van der Waals surface area contributed by atoms with E-state index >= 15 is 0 Å². The van der Waals surface area contributed by atoms with Crippen LogP contribution in [0.2, 0.25) is 0 Å². The Bertz CT molecular complexity index is 1650. The molecule has 0 unspecified atom stereocenters. The maximum absolute atomic E-state index is 12.6. The second-order valence-corrected chi connectivity index (χ2v) is 8.24. The normalized spacial score (nSPS) is 10.8. The predicted octanol–water partition coefficient (Wildman–Crippen LogP) is 6.14. The van der Waals surface area contributed by atoms with E-state index in [9.17, 15) is 14.4 Å². The molecule has 0 saturated carbocycles. The quantitative estimate of drug-likeness (QED) is 0.304. The lowest BCUT2D eigenvalue weighted by Gasteiger charge is -2.11. The molecule has 36 heavy (non-hydrogen) atoms. The first-order valence-corrected chi connectivity index (χ1v) is 11.2. The smallest absolute Gasteiger partial charge is 0.343 e. The van der Waals surface area contributed by atoms with E-state index < -0.39 is 11.6 Å². The van der Waals surface area contributed by atoms with Crippen molar-refractivity contribution in [1.29, 1.82) is 0 Å². The van der Waals surface area contributed by atoms with Gasteiger partial charge in [-0.2, -0.15) is 0 Å². The molecule has 3 aromatic carbocycles. The molecule has 178 valence electrons. The Balaban J connectivity index is 1.47. The number of nitrogens with one attached hydrogen (secondary N) is 1. The van der Waals surface area contributed by atoms with Gasteiger partial charge in [-0.25, -0.2) is 9.59 Å². The van der Waals surface area contributed by atoms with Crippen LogP contribution in [0.25, 0.3) is 22.5 Å². The second kappa shape index (κ2) is 9.38. The van der Waals surface area contributed by atoms with E-state index in [1.165, 1.54) is 6.92 Å². The summed E-state index contributed by atoms with van der Waals surface area (Å²) in [7, 11) is 0. The average molecular weight is 479 g/mol. The van der Waals surface area contributed by atoms with Crippen molar-refractivity contribution in [2.45, 2.75) is 13.8 Å². The number of anilines is 1. The molecule has 0 fully saturated rings. The number of fused-ring (bicyclic) bond motifs is 1. The van der Waals surface area contributed by atoms with Gasteiger partial charge in [-0.05, 0) is 62.4 Å². The summed E-state index contributed by atoms with van der Waals surface area (Å²) in [4.78, 5) is 37.7. The maximum Gasteiger partial charge on any atom is 0.343 e. The predicted molar refractivity (Wildman–Crippen MR) is 135 cm³/mol. The molecule has 0 aliphatic rings. The number of benzene rings is 3. The Morgan fingerprint density at radius 2 is 1.44 bits per heavy atom. The molecule has 1 amide bonds. The van der Waals surface area contributed by atoms with Crippen molar-refractivity contribution in [1.82, 2.24) is 0 Å². The van der Waals surface area contributed by atoms with E-state index in [0.717, 1.165) is 0 Å². The van der Waals surface area contributed by atoms with Crippen molar-refractivity contribution in [3.05, 3.63) is 118 Å². The first-order valence-electron chi connectivity index (χ1n) is 11.2. The van der Waals surface area contributed by atoms with Gasteiger partial charge in [0.05, 0.1) is 11.1 Å². The van der Waals surface area contributed by atoms with Gasteiger partial charge in [0.15, 0.2) is 11.5 Å². The monoisotopic (exact) mass is 479 g/mol. The highest BCUT2D eigenvalue weighted by molar-refractivity contribution is 6.05. The zero-order chi connectivity index (χ0) is 25.2. The van der Waals surface area contributed by atoms with Crippen LogP contribution in [-0.4, -0.2) is 11.9 Å². The van der Waals surface area contributed by atoms with Gasteiger partial charge >= 0.3 is 11.6 Å². The number of rotatable bonds is 5. The summed E-state index contributed by atoms with van der Waals surface area (Å²) in [6.45, 7) is 3.23. The highest BCUT2D eigenvalue weighted by Crippen LogP contribution is 2.35. The van der Waals surface area contributed by atoms with E-state index in [4.69, 9.17) is 13.6 Å². The minimum Gasteiger partial charge on any atom is -0.453 e. The van der Waals surface area contributed by atoms with Gasteiger partial charge in [0, 0.05) is 22.2 Å². The van der Waals surface area contributed by atoms with Crippen LogP contribution < -0.4 is 15.7 Å². The Morgan fingerprint density at radius 1 is 0.778 bits per heavy atom. The summed E-state index contributed by atoms with van der Waals surface area (Å²) in [5.74, 6) is -0.229. The summed E-state index contributed by atoms with van der Waals surface area (Å²) < 4.78 is 17.1. The second-order valence-electron chi connectivity index (χ2n) is 8.24. The van der Waals surface area contributed by atoms with E-state index in [1.807, 2.05) is 6.07 Å². The van der Waals surface area contributed by atoms with Crippen molar-refractivity contribution < 1.29 is 23.2 Å². The van der Waals surface area contributed by atoms with Gasteiger partial charge in [0.25, 0.3) is 5.91 Å². The van der Waals surface area contributed by atoms with Gasteiger partial charge in [0.2, 0.25) is 0 Å². The number of hydrogen-bond donors (Lipinski definition) is 1. The van der Waals surface area contributed by atoms with Crippen molar-refractivity contribution in [2.24, 2.45) is 0 Å². The van der Waals surface area contributed by atoms with Crippen molar-refractivity contribution in [3.8, 4) is 17.3 Å². The molecular weight excluding hydrogens is 458 g/mol. The van der Waals surface area contributed by atoms with Crippen LogP contribution in [0.15, 0.2) is 98.6 Å². The zero-order valence-electron chi connectivity index (χ0n) is 19.5. The summed E-state index contributed by atoms with van der Waals surface area (Å²) >= 11 is 0. The summed E-state index contributed by atoms with van der Waals surface area (Å²) in [5.41, 5.74) is 2.02. The third-order valence-electron chi connectivity index (χ3n) is 5.76. The van der Waals surface area contributed by atoms with E-state index in [2.05, 4.69) is 5.32 Å². The first-order chi connectivity index (χ1) is 17.4. The maximum atomic E-state index is 12.6. The highest BCUT2D eigenvalue weighted by Gasteiger charge is 2.22. The number of hydrogen-bond acceptors (Lipinski definition) is 6. The fourth-order valence-electron chi connectivity index (χ4n) is 3.86. The lowest BCUT2D eigenvalue weighted by atomic mass is 10.1. The van der Waals surface area contributed by atoms with Crippen LogP contribution in [0.4, 0.5) is 5.69 Å². The van der Waals surface area contributed by atoms with Crippen LogP contribution in [0.3, 0.4) is 0 Å². The number of amides is 1. The summed E-state index contributed by atoms with van der Waals surface area (Å²) in [5, 5.41) is 3.56. The Kier molecular flexibility index (Phi) is 5.96. The summed E-state index contributed by atoms with van der Waals surface area (Å²) in [6, 6.07) is 24.3. The number of carbonyl (C=O) groups excluding carboxylic acids is 2. The van der Waals surface area contributed by atoms with Gasteiger partial charge in [-0.1, -0.05) is 36.4 Å². The molecule has 0 aliphatic carbocycles. The molecule has 0 aliphatic heterocycles. The van der Waals surface area contributed by atoms with Crippen LogP contribution in [0.5, 0.6) is 5.75 Å². The SMILES string of the molecule is Cc1c(-c2cc3cc(NC(=O)c4ccccc4)ccc3o2)oc(=O)c(C)c1OC(=O)c1ccccc1. The number of esters is 1. The third-order valence-corrected chi connectivity index (χ3v) is 5.76. The lowest BCUT2D eigenvalue weighted by Crippen LogP contribution is -2.15. The highest BCUT2D eigenvalue weighted by atomic mass is 16.5. The zero-order valence-corrected chi connectivity index (χ0v) is 19.5. The summed E-state index contributed by atoms with van der Waals surface area (Å²) in [6.07, 6.45) is 0. The number of ether oxygens (including phenoxy) is 1. The molecule has 1 N–H and O–H groups in total. The number of furan rings is 1. The van der Waals surface area contributed by atoms with E-state index in [-0.39, 0.29) is 23.0 Å². The largest absolute Gasteiger partial charge is 0.453 e. The van der Waals surface area contributed by atoms with E-state index in [0.29, 0.717) is 39.1 Å².